The lowest BCUT2D eigenvalue weighted by Crippen LogP contribution is -2.26. The van der Waals surface area contributed by atoms with Crippen molar-refractivity contribution in [1.29, 1.82) is 0 Å². The molecule has 0 aliphatic carbocycles. The highest BCUT2D eigenvalue weighted by Gasteiger charge is 2.13. The molecule has 16 heavy (non-hydrogen) atoms. The Bertz CT molecular complexity index is 375. The van der Waals surface area contributed by atoms with E-state index in [9.17, 15) is 9.59 Å². The fraction of sp³-hybridized carbons (Fsp3) is 0.444. The fourth-order valence-electron chi connectivity index (χ4n) is 0.898. The van der Waals surface area contributed by atoms with Gasteiger partial charge in [-0.05, 0) is 6.92 Å². The van der Waals surface area contributed by atoms with Crippen LogP contribution in [-0.4, -0.2) is 37.1 Å². The Morgan fingerprint density at radius 3 is 2.94 bits per heavy atom. The summed E-state index contributed by atoms with van der Waals surface area (Å²) >= 11 is 0. The van der Waals surface area contributed by atoms with E-state index in [0.29, 0.717) is 0 Å². The van der Waals surface area contributed by atoms with Crippen LogP contribution in [0.3, 0.4) is 0 Å². The Balaban J connectivity index is 2.51. The minimum absolute atomic E-state index is 0.0271. The summed E-state index contributed by atoms with van der Waals surface area (Å²) in [6.45, 7) is 1.99. The van der Waals surface area contributed by atoms with Crippen molar-refractivity contribution in [2.75, 3.05) is 25.5 Å². The number of aromatic nitrogens is 1. The molecule has 1 aromatic heterocycles. The molecule has 1 heterocycles. The van der Waals surface area contributed by atoms with Gasteiger partial charge < -0.3 is 19.8 Å². The summed E-state index contributed by atoms with van der Waals surface area (Å²) < 4.78 is 9.64. The maximum absolute atomic E-state index is 11.2. The maximum atomic E-state index is 11.2. The van der Waals surface area contributed by atoms with Crippen LogP contribution in [0, 0.1) is 0 Å². The molecule has 0 atom stereocenters. The van der Waals surface area contributed by atoms with Gasteiger partial charge in [0.2, 0.25) is 5.91 Å². The third kappa shape index (κ3) is 3.26. The summed E-state index contributed by atoms with van der Waals surface area (Å²) in [6, 6.07) is 0.103. The lowest BCUT2D eigenvalue weighted by molar-refractivity contribution is -0.118. The Kier molecular flexibility index (Phi) is 4.31. The van der Waals surface area contributed by atoms with Crippen molar-refractivity contribution < 1.29 is 18.7 Å². The molecule has 0 aliphatic heterocycles. The third-order valence-electron chi connectivity index (χ3n) is 1.67. The SMILES string of the molecule is CCOC(=O)c1coc(NCC(=O)NC)n1. The van der Waals surface area contributed by atoms with Crippen molar-refractivity contribution in [2.45, 2.75) is 6.92 Å². The first-order chi connectivity index (χ1) is 7.67. The number of carbonyl (C=O) groups is 2. The van der Waals surface area contributed by atoms with E-state index in [4.69, 9.17) is 9.15 Å². The molecule has 88 valence electrons. The monoisotopic (exact) mass is 227 g/mol. The molecular formula is C9H13N3O4. The molecule has 1 rings (SSSR count). The van der Waals surface area contributed by atoms with Crippen molar-refractivity contribution >= 4 is 17.9 Å². The molecule has 7 heteroatoms. The molecule has 0 radical (unpaired) electrons. The first kappa shape index (κ1) is 12.0. The van der Waals surface area contributed by atoms with Gasteiger partial charge in [0, 0.05) is 7.05 Å². The van der Waals surface area contributed by atoms with Gasteiger partial charge in [0.05, 0.1) is 13.2 Å². The number of esters is 1. The van der Waals surface area contributed by atoms with Gasteiger partial charge in [0.1, 0.15) is 6.26 Å². The second kappa shape index (κ2) is 5.74. The molecule has 0 bridgehead atoms. The Labute approximate surface area is 92.2 Å². The van der Waals surface area contributed by atoms with E-state index >= 15 is 0 Å². The molecule has 0 unspecified atom stereocenters. The summed E-state index contributed by atoms with van der Waals surface area (Å²) in [5.74, 6) is -0.768. The van der Waals surface area contributed by atoms with Crippen LogP contribution in [0.25, 0.3) is 0 Å². The number of nitrogens with zero attached hydrogens (tertiary/aromatic N) is 1. The number of amides is 1. The van der Waals surface area contributed by atoms with Gasteiger partial charge in [-0.3, -0.25) is 4.79 Å². The zero-order valence-electron chi connectivity index (χ0n) is 9.07. The topological polar surface area (TPSA) is 93.5 Å². The van der Waals surface area contributed by atoms with Gasteiger partial charge in [-0.1, -0.05) is 0 Å². The second-order valence-electron chi connectivity index (χ2n) is 2.79. The Morgan fingerprint density at radius 2 is 2.31 bits per heavy atom. The van der Waals surface area contributed by atoms with E-state index in [1.54, 1.807) is 6.92 Å². The first-order valence-corrected chi connectivity index (χ1v) is 4.74. The number of ether oxygens (including phenoxy) is 1. The van der Waals surface area contributed by atoms with Crippen molar-refractivity contribution in [3.8, 4) is 0 Å². The van der Waals surface area contributed by atoms with E-state index in [1.165, 1.54) is 13.3 Å². The highest BCUT2D eigenvalue weighted by Crippen LogP contribution is 2.07. The van der Waals surface area contributed by atoms with Gasteiger partial charge in [0.15, 0.2) is 5.69 Å². The van der Waals surface area contributed by atoms with E-state index in [0.717, 1.165) is 0 Å². The number of nitrogens with one attached hydrogen (secondary N) is 2. The molecule has 0 aromatic carbocycles. The third-order valence-corrected chi connectivity index (χ3v) is 1.67. The van der Waals surface area contributed by atoms with Gasteiger partial charge >= 0.3 is 5.97 Å². The predicted octanol–water partition coefficient (Wildman–Crippen LogP) is 0.00920. The minimum atomic E-state index is -0.556. The normalized spacial score (nSPS) is 9.62. The van der Waals surface area contributed by atoms with Crippen LogP contribution in [0.15, 0.2) is 10.7 Å². The van der Waals surface area contributed by atoms with Crippen molar-refractivity contribution in [3.05, 3.63) is 12.0 Å². The summed E-state index contributed by atoms with van der Waals surface area (Å²) in [6.07, 6.45) is 1.17. The van der Waals surface area contributed by atoms with Gasteiger partial charge in [-0.25, -0.2) is 4.79 Å². The van der Waals surface area contributed by atoms with Crippen LogP contribution in [-0.2, 0) is 9.53 Å². The zero-order valence-corrected chi connectivity index (χ0v) is 9.07. The number of hydrogen-bond donors (Lipinski definition) is 2. The predicted molar refractivity (Wildman–Crippen MR) is 55.0 cm³/mol. The number of oxazole rings is 1. The molecule has 0 saturated carbocycles. The number of likely N-dealkylation sites (N-methyl/N-ethyl adjacent to an activating group) is 1. The number of carbonyl (C=O) groups excluding carboxylic acids is 2. The van der Waals surface area contributed by atoms with E-state index in [2.05, 4.69) is 15.6 Å². The van der Waals surface area contributed by atoms with E-state index in [-0.39, 0.29) is 30.8 Å². The molecule has 7 nitrogen and oxygen atoms in total. The molecular weight excluding hydrogens is 214 g/mol. The van der Waals surface area contributed by atoms with Gasteiger partial charge in [0.25, 0.3) is 6.01 Å². The van der Waals surface area contributed by atoms with Gasteiger partial charge in [-0.15, -0.1) is 0 Å². The van der Waals surface area contributed by atoms with Crippen molar-refractivity contribution in [3.63, 3.8) is 0 Å². The smallest absolute Gasteiger partial charge is 0.360 e. The lowest BCUT2D eigenvalue weighted by Gasteiger charge is -1.99. The van der Waals surface area contributed by atoms with Crippen LogP contribution in [0.5, 0.6) is 0 Å². The van der Waals surface area contributed by atoms with Crippen molar-refractivity contribution in [1.82, 2.24) is 10.3 Å². The molecule has 0 fully saturated rings. The van der Waals surface area contributed by atoms with Crippen LogP contribution in [0.4, 0.5) is 6.01 Å². The number of hydrogen-bond acceptors (Lipinski definition) is 6. The maximum Gasteiger partial charge on any atom is 0.360 e. The quantitative estimate of drug-likeness (QED) is 0.688. The fourth-order valence-corrected chi connectivity index (χ4v) is 0.898. The largest absolute Gasteiger partial charge is 0.461 e. The van der Waals surface area contributed by atoms with Crippen LogP contribution in [0.2, 0.25) is 0 Å². The molecule has 0 aliphatic rings. The lowest BCUT2D eigenvalue weighted by atomic mass is 10.5. The average Bonchev–Trinajstić information content (AvgIpc) is 2.75. The molecule has 1 amide bonds. The summed E-state index contributed by atoms with van der Waals surface area (Å²) in [5.41, 5.74) is 0.0706. The summed E-state index contributed by atoms with van der Waals surface area (Å²) in [4.78, 5) is 25.9. The first-order valence-electron chi connectivity index (χ1n) is 4.74. The number of rotatable bonds is 5. The molecule has 1 aromatic rings. The van der Waals surface area contributed by atoms with Crippen LogP contribution >= 0.6 is 0 Å². The zero-order chi connectivity index (χ0) is 12.0. The Morgan fingerprint density at radius 1 is 1.56 bits per heavy atom. The molecule has 2 N–H and O–H groups in total. The summed E-state index contributed by atoms with van der Waals surface area (Å²) in [5, 5.41) is 5.04. The summed E-state index contributed by atoms with van der Waals surface area (Å²) in [7, 11) is 1.52. The Hall–Kier alpha value is -2.05. The van der Waals surface area contributed by atoms with Crippen LogP contribution < -0.4 is 10.6 Å². The highest BCUT2D eigenvalue weighted by molar-refractivity contribution is 5.87. The minimum Gasteiger partial charge on any atom is -0.461 e. The van der Waals surface area contributed by atoms with E-state index in [1.807, 2.05) is 0 Å². The van der Waals surface area contributed by atoms with E-state index < -0.39 is 5.97 Å². The molecule has 0 spiro atoms. The second-order valence-corrected chi connectivity index (χ2v) is 2.79. The molecule has 0 saturated heterocycles. The number of anilines is 1. The standard InChI is InChI=1S/C9H13N3O4/c1-3-15-8(14)6-5-16-9(12-6)11-4-7(13)10-2/h5H,3-4H2,1-2H3,(H,10,13)(H,11,12). The highest BCUT2D eigenvalue weighted by atomic mass is 16.5. The van der Waals surface area contributed by atoms with Gasteiger partial charge in [-0.2, -0.15) is 4.98 Å². The average molecular weight is 227 g/mol. The van der Waals surface area contributed by atoms with Crippen molar-refractivity contribution in [2.24, 2.45) is 0 Å². The van der Waals surface area contributed by atoms with Crippen LogP contribution in [0.1, 0.15) is 17.4 Å².